The van der Waals surface area contributed by atoms with Crippen molar-refractivity contribution in [2.45, 2.75) is 32.2 Å². The molecule has 1 aliphatic heterocycles. The molecule has 20 heavy (non-hydrogen) atoms. The SMILES string of the molecule is CC1(C)OCC(CNC(=O)Cc2cccc(F)c2F)O1. The van der Waals surface area contributed by atoms with Crippen molar-refractivity contribution in [2.75, 3.05) is 13.2 Å². The van der Waals surface area contributed by atoms with Gasteiger partial charge in [0.1, 0.15) is 6.10 Å². The molecule has 1 fully saturated rings. The highest BCUT2D eigenvalue weighted by atomic mass is 19.2. The molecule has 1 saturated heterocycles. The first-order valence-electron chi connectivity index (χ1n) is 6.39. The topological polar surface area (TPSA) is 47.6 Å². The van der Waals surface area contributed by atoms with Gasteiger partial charge in [-0.1, -0.05) is 12.1 Å². The van der Waals surface area contributed by atoms with Crippen LogP contribution >= 0.6 is 0 Å². The first kappa shape index (κ1) is 14.9. The van der Waals surface area contributed by atoms with Crippen molar-refractivity contribution in [2.24, 2.45) is 0 Å². The average molecular weight is 285 g/mol. The number of nitrogens with one attached hydrogen (secondary N) is 1. The van der Waals surface area contributed by atoms with Gasteiger partial charge in [0, 0.05) is 12.1 Å². The van der Waals surface area contributed by atoms with E-state index in [0.29, 0.717) is 6.61 Å². The molecular formula is C14H17F2NO3. The Labute approximate surface area is 116 Å². The zero-order valence-corrected chi connectivity index (χ0v) is 11.4. The monoisotopic (exact) mass is 285 g/mol. The Hall–Kier alpha value is -1.53. The highest BCUT2D eigenvalue weighted by molar-refractivity contribution is 5.78. The molecule has 2 rings (SSSR count). The standard InChI is InChI=1S/C14H17F2NO3/c1-14(2)19-8-10(20-14)7-17-12(18)6-9-4-3-5-11(15)13(9)16/h3-5,10H,6-8H2,1-2H3,(H,17,18). The van der Waals surface area contributed by atoms with Crippen molar-refractivity contribution in [1.29, 1.82) is 0 Å². The third-order valence-corrected chi connectivity index (χ3v) is 2.98. The molecule has 0 aliphatic carbocycles. The fraction of sp³-hybridized carbons (Fsp3) is 0.500. The third-order valence-electron chi connectivity index (χ3n) is 2.98. The van der Waals surface area contributed by atoms with E-state index in [2.05, 4.69) is 5.32 Å². The summed E-state index contributed by atoms with van der Waals surface area (Å²) in [6.45, 7) is 4.24. The minimum absolute atomic E-state index is 0.0337. The van der Waals surface area contributed by atoms with E-state index in [1.807, 2.05) is 0 Å². The van der Waals surface area contributed by atoms with E-state index in [9.17, 15) is 13.6 Å². The van der Waals surface area contributed by atoms with Crippen LogP contribution in [0.3, 0.4) is 0 Å². The molecule has 0 aromatic heterocycles. The summed E-state index contributed by atoms with van der Waals surface area (Å²) in [5.41, 5.74) is 0.0337. The lowest BCUT2D eigenvalue weighted by Gasteiger charge is -2.17. The minimum atomic E-state index is -0.982. The number of carbonyl (C=O) groups excluding carboxylic acids is 1. The first-order valence-corrected chi connectivity index (χ1v) is 6.39. The summed E-state index contributed by atoms with van der Waals surface area (Å²) in [6.07, 6.45) is -0.438. The van der Waals surface area contributed by atoms with Crippen molar-refractivity contribution in [1.82, 2.24) is 5.32 Å². The molecule has 1 aromatic carbocycles. The van der Waals surface area contributed by atoms with Gasteiger partial charge in [-0.2, -0.15) is 0 Å². The number of benzene rings is 1. The third kappa shape index (κ3) is 3.74. The number of ether oxygens (including phenoxy) is 2. The Morgan fingerprint density at radius 3 is 2.85 bits per heavy atom. The molecule has 1 aliphatic rings. The van der Waals surface area contributed by atoms with Gasteiger partial charge >= 0.3 is 0 Å². The number of rotatable bonds is 4. The van der Waals surface area contributed by atoms with Crippen molar-refractivity contribution in [3.63, 3.8) is 0 Å². The number of halogens is 2. The Kier molecular flexibility index (Phi) is 4.35. The molecule has 1 aromatic rings. The molecule has 0 bridgehead atoms. The predicted molar refractivity (Wildman–Crippen MR) is 68.0 cm³/mol. The first-order chi connectivity index (χ1) is 9.37. The summed E-state index contributed by atoms with van der Waals surface area (Å²) in [4.78, 5) is 11.7. The van der Waals surface area contributed by atoms with Gasteiger partial charge < -0.3 is 14.8 Å². The second-order valence-corrected chi connectivity index (χ2v) is 5.14. The van der Waals surface area contributed by atoms with Crippen LogP contribution in [0.1, 0.15) is 19.4 Å². The quantitative estimate of drug-likeness (QED) is 0.917. The molecule has 0 spiro atoms. The fourth-order valence-corrected chi connectivity index (χ4v) is 2.01. The van der Waals surface area contributed by atoms with E-state index >= 15 is 0 Å². The van der Waals surface area contributed by atoms with E-state index in [0.717, 1.165) is 6.07 Å². The highest BCUT2D eigenvalue weighted by Gasteiger charge is 2.32. The normalized spacial score (nSPS) is 20.9. The van der Waals surface area contributed by atoms with Gasteiger partial charge in [0.2, 0.25) is 5.91 Å². The highest BCUT2D eigenvalue weighted by Crippen LogP contribution is 2.21. The number of hydrogen-bond donors (Lipinski definition) is 1. The van der Waals surface area contributed by atoms with Crippen LogP contribution in [0.25, 0.3) is 0 Å². The Morgan fingerprint density at radius 1 is 1.45 bits per heavy atom. The lowest BCUT2D eigenvalue weighted by molar-refractivity contribution is -0.139. The Morgan fingerprint density at radius 2 is 2.20 bits per heavy atom. The van der Waals surface area contributed by atoms with E-state index in [4.69, 9.17) is 9.47 Å². The molecule has 0 radical (unpaired) electrons. The molecule has 1 unspecified atom stereocenters. The van der Waals surface area contributed by atoms with Crippen LogP contribution < -0.4 is 5.32 Å². The summed E-state index contributed by atoms with van der Waals surface area (Å²) in [7, 11) is 0. The second kappa shape index (κ2) is 5.85. The number of hydrogen-bond acceptors (Lipinski definition) is 3. The maximum Gasteiger partial charge on any atom is 0.224 e. The molecule has 110 valence electrons. The lowest BCUT2D eigenvalue weighted by Crippen LogP contribution is -2.35. The smallest absolute Gasteiger partial charge is 0.224 e. The van der Waals surface area contributed by atoms with E-state index < -0.39 is 17.4 Å². The maximum absolute atomic E-state index is 13.4. The van der Waals surface area contributed by atoms with Crippen molar-refractivity contribution < 1.29 is 23.0 Å². The molecule has 6 heteroatoms. The fourth-order valence-electron chi connectivity index (χ4n) is 2.01. The summed E-state index contributed by atoms with van der Waals surface area (Å²) in [5.74, 6) is -2.97. The Bertz CT molecular complexity index is 505. The largest absolute Gasteiger partial charge is 0.353 e. The van der Waals surface area contributed by atoms with E-state index in [1.54, 1.807) is 13.8 Å². The molecule has 0 saturated carbocycles. The van der Waals surface area contributed by atoms with Crippen molar-refractivity contribution in [3.05, 3.63) is 35.4 Å². The van der Waals surface area contributed by atoms with Gasteiger partial charge in [-0.25, -0.2) is 8.78 Å². The van der Waals surface area contributed by atoms with Gasteiger partial charge in [-0.15, -0.1) is 0 Å². The lowest BCUT2D eigenvalue weighted by atomic mass is 10.1. The summed E-state index contributed by atoms with van der Waals surface area (Å²) < 4.78 is 37.3. The minimum Gasteiger partial charge on any atom is -0.353 e. The van der Waals surface area contributed by atoms with Crippen molar-refractivity contribution >= 4 is 5.91 Å². The van der Waals surface area contributed by atoms with Gasteiger partial charge in [0.15, 0.2) is 17.4 Å². The second-order valence-electron chi connectivity index (χ2n) is 5.14. The summed E-state index contributed by atoms with van der Waals surface area (Å²) >= 11 is 0. The summed E-state index contributed by atoms with van der Waals surface area (Å²) in [5, 5.41) is 2.62. The van der Waals surface area contributed by atoms with Gasteiger partial charge in [-0.05, 0) is 19.9 Å². The van der Waals surface area contributed by atoms with Crippen LogP contribution in [-0.4, -0.2) is 30.9 Å². The van der Waals surface area contributed by atoms with E-state index in [-0.39, 0.29) is 30.5 Å². The number of carbonyl (C=O) groups is 1. The zero-order chi connectivity index (χ0) is 14.8. The Balaban J connectivity index is 1.83. The molecule has 1 atom stereocenters. The molecular weight excluding hydrogens is 268 g/mol. The van der Waals surface area contributed by atoms with Crippen LogP contribution in [-0.2, 0) is 20.7 Å². The molecule has 4 nitrogen and oxygen atoms in total. The molecule has 1 amide bonds. The van der Waals surface area contributed by atoms with Crippen LogP contribution in [0.5, 0.6) is 0 Å². The molecule has 1 heterocycles. The summed E-state index contributed by atoms with van der Waals surface area (Å²) in [6, 6.07) is 3.77. The van der Waals surface area contributed by atoms with Crippen molar-refractivity contribution in [3.8, 4) is 0 Å². The maximum atomic E-state index is 13.4. The van der Waals surface area contributed by atoms with Gasteiger partial charge in [0.05, 0.1) is 13.0 Å². The molecule has 1 N–H and O–H groups in total. The zero-order valence-electron chi connectivity index (χ0n) is 11.4. The van der Waals surface area contributed by atoms with Crippen LogP contribution in [0.15, 0.2) is 18.2 Å². The predicted octanol–water partition coefficient (Wildman–Crippen LogP) is 1.77. The van der Waals surface area contributed by atoms with Gasteiger partial charge in [-0.3, -0.25) is 4.79 Å². The van der Waals surface area contributed by atoms with Crippen LogP contribution in [0.4, 0.5) is 8.78 Å². The van der Waals surface area contributed by atoms with E-state index in [1.165, 1.54) is 12.1 Å². The van der Waals surface area contributed by atoms with Crippen LogP contribution in [0.2, 0.25) is 0 Å². The average Bonchev–Trinajstić information content (AvgIpc) is 2.72. The van der Waals surface area contributed by atoms with Gasteiger partial charge in [0.25, 0.3) is 0 Å². The number of amides is 1. The van der Waals surface area contributed by atoms with Crippen LogP contribution in [0, 0.1) is 11.6 Å².